The fourth-order valence-corrected chi connectivity index (χ4v) is 1.53. The van der Waals surface area contributed by atoms with Gasteiger partial charge in [0.2, 0.25) is 0 Å². The van der Waals surface area contributed by atoms with Crippen LogP contribution in [-0.2, 0) is 0 Å². The lowest BCUT2D eigenvalue weighted by atomic mass is 9.74. The maximum absolute atomic E-state index is 5.54. The van der Waals surface area contributed by atoms with Crippen LogP contribution < -0.4 is 5.73 Å². The van der Waals surface area contributed by atoms with Crippen LogP contribution >= 0.6 is 0 Å². The standard InChI is InChI=1S/C9H19N/c1-8(2,6-7-10)9(3)4-5-9/h4-7,10H2,1-3H3. The molecule has 0 aromatic heterocycles. The third kappa shape index (κ3) is 1.20. The number of hydrogen-bond acceptors (Lipinski definition) is 1. The van der Waals surface area contributed by atoms with Crippen molar-refractivity contribution in [1.82, 2.24) is 0 Å². The summed E-state index contributed by atoms with van der Waals surface area (Å²) < 4.78 is 0. The summed E-state index contributed by atoms with van der Waals surface area (Å²) in [7, 11) is 0. The Balaban J connectivity index is 2.50. The maximum atomic E-state index is 5.54. The summed E-state index contributed by atoms with van der Waals surface area (Å²) in [6, 6.07) is 0. The topological polar surface area (TPSA) is 26.0 Å². The van der Waals surface area contributed by atoms with Gasteiger partial charge in [0.1, 0.15) is 0 Å². The molecule has 0 radical (unpaired) electrons. The Kier molecular flexibility index (Phi) is 1.80. The highest BCUT2D eigenvalue weighted by Crippen LogP contribution is 2.59. The van der Waals surface area contributed by atoms with Crippen LogP contribution in [0.5, 0.6) is 0 Å². The first kappa shape index (κ1) is 8.06. The molecule has 0 saturated heterocycles. The van der Waals surface area contributed by atoms with Gasteiger partial charge in [-0.3, -0.25) is 0 Å². The lowest BCUT2D eigenvalue weighted by molar-refractivity contribution is 0.193. The van der Waals surface area contributed by atoms with E-state index in [4.69, 9.17) is 5.73 Å². The van der Waals surface area contributed by atoms with E-state index in [2.05, 4.69) is 20.8 Å². The number of hydrogen-bond donors (Lipinski definition) is 1. The molecule has 0 aromatic rings. The van der Waals surface area contributed by atoms with E-state index in [1.54, 1.807) is 0 Å². The molecule has 0 heterocycles. The van der Waals surface area contributed by atoms with Gasteiger partial charge in [0, 0.05) is 0 Å². The molecule has 60 valence electrons. The van der Waals surface area contributed by atoms with Crippen molar-refractivity contribution in [2.75, 3.05) is 6.54 Å². The molecule has 0 bridgehead atoms. The fraction of sp³-hybridized carbons (Fsp3) is 1.00. The Bertz CT molecular complexity index is 123. The highest BCUT2D eigenvalue weighted by Gasteiger charge is 2.49. The molecule has 1 nitrogen and oxygen atoms in total. The molecule has 0 atom stereocenters. The van der Waals surface area contributed by atoms with Crippen LogP contribution in [0.15, 0.2) is 0 Å². The van der Waals surface area contributed by atoms with Gasteiger partial charge in [0.05, 0.1) is 0 Å². The first-order valence-electron chi connectivity index (χ1n) is 4.22. The quantitative estimate of drug-likeness (QED) is 0.640. The van der Waals surface area contributed by atoms with Crippen LogP contribution in [0.2, 0.25) is 0 Å². The van der Waals surface area contributed by atoms with E-state index < -0.39 is 0 Å². The molecule has 0 aromatic carbocycles. The largest absolute Gasteiger partial charge is 0.330 e. The Hall–Kier alpha value is -0.0400. The monoisotopic (exact) mass is 141 g/mol. The van der Waals surface area contributed by atoms with Gasteiger partial charge in [0.25, 0.3) is 0 Å². The van der Waals surface area contributed by atoms with Crippen molar-refractivity contribution < 1.29 is 0 Å². The van der Waals surface area contributed by atoms with E-state index in [1.807, 2.05) is 0 Å². The van der Waals surface area contributed by atoms with E-state index in [-0.39, 0.29) is 0 Å². The molecule has 0 aliphatic heterocycles. The van der Waals surface area contributed by atoms with Gasteiger partial charge >= 0.3 is 0 Å². The second-order valence-electron chi connectivity index (χ2n) is 4.48. The molecule has 0 amide bonds. The Morgan fingerprint density at radius 2 is 1.90 bits per heavy atom. The highest BCUT2D eigenvalue weighted by molar-refractivity contribution is 4.99. The third-order valence-corrected chi connectivity index (χ3v) is 3.40. The van der Waals surface area contributed by atoms with E-state index in [9.17, 15) is 0 Å². The molecule has 1 aliphatic carbocycles. The SMILES string of the molecule is CC(C)(CCN)C1(C)CC1. The van der Waals surface area contributed by atoms with Crippen LogP contribution in [0.3, 0.4) is 0 Å². The Labute approximate surface area is 64.0 Å². The molecule has 2 N–H and O–H groups in total. The van der Waals surface area contributed by atoms with Gasteiger partial charge < -0.3 is 5.73 Å². The van der Waals surface area contributed by atoms with Gasteiger partial charge in [-0.15, -0.1) is 0 Å². The lowest BCUT2D eigenvalue weighted by Gasteiger charge is -2.31. The molecule has 1 fully saturated rings. The minimum Gasteiger partial charge on any atom is -0.330 e. The van der Waals surface area contributed by atoms with Crippen molar-refractivity contribution >= 4 is 0 Å². The van der Waals surface area contributed by atoms with E-state index in [0.717, 1.165) is 6.54 Å². The van der Waals surface area contributed by atoms with Crippen molar-refractivity contribution in [3.05, 3.63) is 0 Å². The summed E-state index contributed by atoms with van der Waals surface area (Å²) in [4.78, 5) is 0. The van der Waals surface area contributed by atoms with Gasteiger partial charge in [-0.25, -0.2) is 0 Å². The Morgan fingerprint density at radius 3 is 2.20 bits per heavy atom. The highest BCUT2D eigenvalue weighted by atomic mass is 14.6. The first-order valence-corrected chi connectivity index (χ1v) is 4.22. The van der Waals surface area contributed by atoms with Crippen molar-refractivity contribution in [1.29, 1.82) is 0 Å². The normalized spacial score (nSPS) is 22.8. The summed E-state index contributed by atoms with van der Waals surface area (Å²) in [6.45, 7) is 7.89. The molecular formula is C9H19N. The zero-order valence-corrected chi connectivity index (χ0v) is 7.41. The molecule has 1 rings (SSSR count). The van der Waals surface area contributed by atoms with E-state index in [1.165, 1.54) is 19.3 Å². The van der Waals surface area contributed by atoms with Gasteiger partial charge in [0.15, 0.2) is 0 Å². The van der Waals surface area contributed by atoms with Crippen molar-refractivity contribution in [3.8, 4) is 0 Å². The van der Waals surface area contributed by atoms with Crippen LogP contribution in [0, 0.1) is 10.8 Å². The third-order valence-electron chi connectivity index (χ3n) is 3.40. The molecule has 1 heteroatoms. The van der Waals surface area contributed by atoms with Crippen LogP contribution in [-0.4, -0.2) is 6.54 Å². The van der Waals surface area contributed by atoms with Gasteiger partial charge in [-0.2, -0.15) is 0 Å². The fourth-order valence-electron chi connectivity index (χ4n) is 1.53. The minimum atomic E-state index is 0.474. The predicted octanol–water partition coefficient (Wildman–Crippen LogP) is 2.16. The average molecular weight is 141 g/mol. The average Bonchev–Trinajstić information content (AvgIpc) is 2.49. The second kappa shape index (κ2) is 2.23. The number of nitrogens with two attached hydrogens (primary N) is 1. The van der Waals surface area contributed by atoms with Crippen molar-refractivity contribution in [2.24, 2.45) is 16.6 Å². The van der Waals surface area contributed by atoms with Gasteiger partial charge in [-0.05, 0) is 36.6 Å². The maximum Gasteiger partial charge on any atom is -0.00720 e. The minimum absolute atomic E-state index is 0.474. The molecule has 0 spiro atoms. The molecular weight excluding hydrogens is 122 g/mol. The summed E-state index contributed by atoms with van der Waals surface area (Å²) in [5.41, 5.74) is 6.63. The summed E-state index contributed by atoms with van der Waals surface area (Å²) in [5, 5.41) is 0. The zero-order chi connectivity index (χ0) is 7.83. The molecule has 1 aliphatic rings. The predicted molar refractivity (Wildman–Crippen MR) is 44.8 cm³/mol. The lowest BCUT2D eigenvalue weighted by Crippen LogP contribution is -2.26. The van der Waals surface area contributed by atoms with Crippen LogP contribution in [0.25, 0.3) is 0 Å². The first-order chi connectivity index (χ1) is 4.52. The summed E-state index contributed by atoms with van der Waals surface area (Å²) in [5.74, 6) is 0. The van der Waals surface area contributed by atoms with Gasteiger partial charge in [-0.1, -0.05) is 20.8 Å². The zero-order valence-electron chi connectivity index (χ0n) is 7.41. The van der Waals surface area contributed by atoms with E-state index in [0.29, 0.717) is 10.8 Å². The summed E-state index contributed by atoms with van der Waals surface area (Å²) in [6.07, 6.45) is 3.98. The second-order valence-corrected chi connectivity index (χ2v) is 4.48. The Morgan fingerprint density at radius 1 is 1.40 bits per heavy atom. The molecule has 10 heavy (non-hydrogen) atoms. The van der Waals surface area contributed by atoms with E-state index >= 15 is 0 Å². The smallest absolute Gasteiger partial charge is 0.00720 e. The van der Waals surface area contributed by atoms with Crippen molar-refractivity contribution in [3.63, 3.8) is 0 Å². The molecule has 0 unspecified atom stereocenters. The van der Waals surface area contributed by atoms with Crippen LogP contribution in [0.1, 0.15) is 40.0 Å². The number of rotatable bonds is 3. The molecule has 1 saturated carbocycles. The van der Waals surface area contributed by atoms with Crippen LogP contribution in [0.4, 0.5) is 0 Å². The van der Waals surface area contributed by atoms with Crippen molar-refractivity contribution in [2.45, 2.75) is 40.0 Å². The summed E-state index contributed by atoms with van der Waals surface area (Å²) >= 11 is 0.